The van der Waals surface area contributed by atoms with Crippen LogP contribution < -0.4 is 10.6 Å². The molecular weight excluding hydrogens is 625 g/mol. The van der Waals surface area contributed by atoms with Gasteiger partial charge < -0.3 is 20.6 Å². The molecule has 0 saturated carbocycles. The number of carbonyl (C=O) groups excluding carboxylic acids is 2. The topological polar surface area (TPSA) is 137 Å². The number of likely N-dealkylation sites (tertiary alicyclic amines) is 1. The van der Waals surface area contributed by atoms with Crippen LogP contribution in [0.15, 0.2) is 42.5 Å². The number of nitrogens with zero attached hydrogens (tertiary/aromatic N) is 4. The van der Waals surface area contributed by atoms with Gasteiger partial charge in [-0.05, 0) is 61.8 Å². The van der Waals surface area contributed by atoms with Gasteiger partial charge in [0.2, 0.25) is 15.9 Å². The Morgan fingerprint density at radius 3 is 2.48 bits per heavy atom. The lowest BCUT2D eigenvalue weighted by Gasteiger charge is -2.26. The summed E-state index contributed by atoms with van der Waals surface area (Å²) in [7, 11) is -3.56. The van der Waals surface area contributed by atoms with Crippen molar-refractivity contribution in [1.82, 2.24) is 24.3 Å². The van der Waals surface area contributed by atoms with Crippen molar-refractivity contribution in [2.45, 2.75) is 58.1 Å². The van der Waals surface area contributed by atoms with E-state index >= 15 is 0 Å². The lowest BCUT2D eigenvalue weighted by molar-refractivity contribution is -0.138. The number of benzene rings is 2. The van der Waals surface area contributed by atoms with Crippen molar-refractivity contribution in [3.05, 3.63) is 70.4 Å². The molecule has 2 aliphatic rings. The molecule has 248 valence electrons. The number of sulfonamides is 1. The van der Waals surface area contributed by atoms with E-state index < -0.39 is 40.3 Å². The Kier molecular flexibility index (Phi) is 9.86. The SMILES string of the molecule is CC(=O)Nc1cccc(C(=O)NCc2cc(-c3nn(CC(O)CN4CCCC4)c4c3CN(S(C)(=O)=O)CC4)ccc2C(F)(F)F)c1. The Labute approximate surface area is 265 Å². The van der Waals surface area contributed by atoms with Crippen LogP contribution in [0.3, 0.4) is 0 Å². The van der Waals surface area contributed by atoms with E-state index in [2.05, 4.69) is 15.5 Å². The molecule has 0 aliphatic carbocycles. The highest BCUT2D eigenvalue weighted by Crippen LogP contribution is 2.37. The predicted molar refractivity (Wildman–Crippen MR) is 165 cm³/mol. The second-order valence-corrected chi connectivity index (χ2v) is 13.8. The summed E-state index contributed by atoms with van der Waals surface area (Å²) in [6.07, 6.45) is -1.90. The Balaban J connectivity index is 1.47. The summed E-state index contributed by atoms with van der Waals surface area (Å²) in [5, 5.41) is 20.7. The molecule has 2 amide bonds. The normalized spacial score (nSPS) is 16.7. The largest absolute Gasteiger partial charge is 0.416 e. The standard InChI is InChI=1S/C31H37F3N6O5S/c1-20(41)36-24-7-5-6-22(15-24)30(43)35-16-23-14-21(8-9-27(23)31(32,33)34)29-26-19-39(46(2,44)45)13-10-28(26)40(37-29)18-25(42)17-38-11-3-4-12-38/h5-9,14-15,25,42H,3-4,10-13,16-19H2,1-2H3,(H,35,43)(H,36,41). The number of anilines is 1. The fourth-order valence-electron chi connectivity index (χ4n) is 6.04. The molecule has 2 aliphatic heterocycles. The van der Waals surface area contributed by atoms with Gasteiger partial charge in [-0.2, -0.15) is 22.6 Å². The van der Waals surface area contributed by atoms with Crippen LogP contribution in [0, 0.1) is 0 Å². The second-order valence-electron chi connectivity index (χ2n) is 11.8. The van der Waals surface area contributed by atoms with Gasteiger partial charge in [0.05, 0.1) is 30.2 Å². The van der Waals surface area contributed by atoms with Gasteiger partial charge in [0.1, 0.15) is 0 Å². The van der Waals surface area contributed by atoms with Crippen molar-refractivity contribution < 1.29 is 36.3 Å². The molecule has 1 atom stereocenters. The van der Waals surface area contributed by atoms with Crippen molar-refractivity contribution in [3.63, 3.8) is 0 Å². The fraction of sp³-hybridized carbons (Fsp3) is 0.452. The zero-order chi connectivity index (χ0) is 33.2. The molecule has 1 fully saturated rings. The molecule has 3 N–H and O–H groups in total. The van der Waals surface area contributed by atoms with Gasteiger partial charge in [0.15, 0.2) is 0 Å². The summed E-state index contributed by atoms with van der Waals surface area (Å²) in [4.78, 5) is 26.5. The minimum Gasteiger partial charge on any atom is -0.390 e. The first-order valence-electron chi connectivity index (χ1n) is 15.0. The van der Waals surface area contributed by atoms with E-state index in [0.29, 0.717) is 35.5 Å². The lowest BCUT2D eigenvalue weighted by Crippen LogP contribution is -2.37. The van der Waals surface area contributed by atoms with E-state index in [1.54, 1.807) is 16.8 Å². The number of β-amino-alcohol motifs (C(OH)–C–C–N with tert-alkyl or cyclic N) is 1. The third kappa shape index (κ3) is 7.94. The van der Waals surface area contributed by atoms with E-state index in [9.17, 15) is 36.3 Å². The second kappa shape index (κ2) is 13.5. The van der Waals surface area contributed by atoms with Gasteiger partial charge in [-0.1, -0.05) is 12.1 Å². The number of carbonyl (C=O) groups is 2. The van der Waals surface area contributed by atoms with Crippen molar-refractivity contribution in [1.29, 1.82) is 0 Å². The van der Waals surface area contributed by atoms with Gasteiger partial charge >= 0.3 is 6.18 Å². The number of fused-ring (bicyclic) bond motifs is 1. The number of hydrogen-bond acceptors (Lipinski definition) is 7. The smallest absolute Gasteiger partial charge is 0.390 e. The lowest BCUT2D eigenvalue weighted by atomic mass is 9.97. The van der Waals surface area contributed by atoms with E-state index in [-0.39, 0.29) is 36.7 Å². The third-order valence-corrected chi connectivity index (χ3v) is 9.44. The van der Waals surface area contributed by atoms with Crippen LogP contribution in [0.25, 0.3) is 11.3 Å². The molecule has 0 spiro atoms. The van der Waals surface area contributed by atoms with Crippen molar-refractivity contribution in [2.75, 3.05) is 37.8 Å². The van der Waals surface area contributed by atoms with Gasteiger partial charge in [0.25, 0.3) is 5.91 Å². The summed E-state index contributed by atoms with van der Waals surface area (Å²) in [5.41, 5.74) is 1.31. The minimum absolute atomic E-state index is 0.0105. The molecule has 5 rings (SSSR count). The summed E-state index contributed by atoms with van der Waals surface area (Å²) >= 11 is 0. The first-order chi connectivity index (χ1) is 21.7. The number of halogens is 3. The molecule has 15 heteroatoms. The number of aliphatic hydroxyl groups is 1. The zero-order valence-electron chi connectivity index (χ0n) is 25.6. The van der Waals surface area contributed by atoms with Crippen molar-refractivity contribution in [2.24, 2.45) is 0 Å². The summed E-state index contributed by atoms with van der Waals surface area (Å²) in [6.45, 7) is 3.46. The maximum Gasteiger partial charge on any atom is 0.416 e. The Morgan fingerprint density at radius 2 is 1.80 bits per heavy atom. The first-order valence-corrected chi connectivity index (χ1v) is 16.8. The van der Waals surface area contributed by atoms with E-state index in [4.69, 9.17) is 5.10 Å². The number of rotatable bonds is 10. The van der Waals surface area contributed by atoms with Crippen LogP contribution >= 0.6 is 0 Å². The maximum absolute atomic E-state index is 14.1. The molecule has 1 unspecified atom stereocenters. The molecule has 11 nitrogen and oxygen atoms in total. The molecular formula is C31H37F3N6O5S. The highest BCUT2D eigenvalue weighted by Gasteiger charge is 2.35. The van der Waals surface area contributed by atoms with E-state index in [1.807, 2.05) is 0 Å². The number of aliphatic hydroxyl groups excluding tert-OH is 1. The van der Waals surface area contributed by atoms with Gasteiger partial charge in [-0.25, -0.2) is 8.42 Å². The summed E-state index contributed by atoms with van der Waals surface area (Å²) in [5.74, 6) is -0.974. The van der Waals surface area contributed by atoms with Crippen molar-refractivity contribution in [3.8, 4) is 11.3 Å². The molecule has 0 bridgehead atoms. The molecule has 3 aromatic rings. The summed E-state index contributed by atoms with van der Waals surface area (Å²) in [6, 6.07) is 9.55. The average molecular weight is 663 g/mol. The van der Waals surface area contributed by atoms with Gasteiger partial charge in [0, 0.05) is 67.6 Å². The Bertz CT molecular complexity index is 1720. The number of aromatic nitrogens is 2. The number of amides is 2. The number of nitrogens with one attached hydrogen (secondary N) is 2. The highest BCUT2D eigenvalue weighted by atomic mass is 32.2. The van der Waals surface area contributed by atoms with Crippen molar-refractivity contribution >= 4 is 27.5 Å². The predicted octanol–water partition coefficient (Wildman–Crippen LogP) is 3.23. The van der Waals surface area contributed by atoms with Crippen LogP contribution in [-0.2, 0) is 47.0 Å². The molecule has 3 heterocycles. The highest BCUT2D eigenvalue weighted by molar-refractivity contribution is 7.88. The summed E-state index contributed by atoms with van der Waals surface area (Å²) < 4.78 is 70.1. The van der Waals surface area contributed by atoms with E-state index in [1.165, 1.54) is 35.5 Å². The Hall–Kier alpha value is -3.79. The van der Waals surface area contributed by atoms with Crippen LogP contribution in [-0.4, -0.2) is 82.9 Å². The van der Waals surface area contributed by atoms with E-state index in [0.717, 1.165) is 43.9 Å². The van der Waals surface area contributed by atoms with Crippen LogP contribution in [0.4, 0.5) is 18.9 Å². The minimum atomic E-state index is -4.71. The monoisotopic (exact) mass is 662 g/mol. The third-order valence-electron chi connectivity index (χ3n) is 8.19. The van der Waals surface area contributed by atoms with Gasteiger partial charge in [-0.3, -0.25) is 14.3 Å². The molecule has 1 aromatic heterocycles. The van der Waals surface area contributed by atoms with Crippen LogP contribution in [0.1, 0.15) is 52.5 Å². The molecule has 2 aromatic carbocycles. The fourth-order valence-corrected chi connectivity index (χ4v) is 6.82. The zero-order valence-corrected chi connectivity index (χ0v) is 26.4. The average Bonchev–Trinajstić information content (AvgIpc) is 3.62. The number of alkyl halides is 3. The quantitative estimate of drug-likeness (QED) is 0.303. The number of hydrogen-bond donors (Lipinski definition) is 3. The van der Waals surface area contributed by atoms with Gasteiger partial charge in [-0.15, -0.1) is 0 Å². The molecule has 0 radical (unpaired) electrons. The van der Waals surface area contributed by atoms with Crippen LogP contribution in [0.5, 0.6) is 0 Å². The van der Waals surface area contributed by atoms with Crippen LogP contribution in [0.2, 0.25) is 0 Å². The molecule has 1 saturated heterocycles. The first kappa shape index (κ1) is 33.6. The molecule has 46 heavy (non-hydrogen) atoms. The Morgan fingerprint density at radius 1 is 1.07 bits per heavy atom. The maximum atomic E-state index is 14.1.